The van der Waals surface area contributed by atoms with Crippen molar-refractivity contribution in [2.75, 3.05) is 0 Å². The molecule has 1 aliphatic carbocycles. The zero-order valence-electron chi connectivity index (χ0n) is 16.3. The molecule has 1 aliphatic rings. The van der Waals surface area contributed by atoms with Crippen LogP contribution in [-0.2, 0) is 9.53 Å². The average molecular weight is 436 g/mol. The standard InChI is InChI=1S/C21H26BrNO4/c1-13(24)27-23-17-12-15(20(25)26-21(2,3)4)10-11-16(17)18(19(23)22)14-8-6-5-7-9-14/h10-12,14H,5-9H2,1-4H3. The Balaban J connectivity index is 2.10. The normalized spacial score (nSPS) is 15.7. The Morgan fingerprint density at radius 3 is 2.41 bits per heavy atom. The first-order chi connectivity index (χ1) is 12.7. The summed E-state index contributed by atoms with van der Waals surface area (Å²) in [5.41, 5.74) is 1.71. The van der Waals surface area contributed by atoms with Gasteiger partial charge in [-0.25, -0.2) is 9.59 Å². The predicted molar refractivity (Wildman–Crippen MR) is 108 cm³/mol. The maximum atomic E-state index is 12.5. The third-order valence-electron chi connectivity index (χ3n) is 4.78. The molecule has 1 saturated carbocycles. The van der Waals surface area contributed by atoms with E-state index in [1.807, 2.05) is 26.8 Å². The van der Waals surface area contributed by atoms with Crippen LogP contribution in [0.15, 0.2) is 22.8 Å². The molecule has 0 N–H and O–H groups in total. The summed E-state index contributed by atoms with van der Waals surface area (Å²) in [6.45, 7) is 6.88. The fourth-order valence-electron chi connectivity index (χ4n) is 3.72. The van der Waals surface area contributed by atoms with Crippen molar-refractivity contribution in [2.24, 2.45) is 0 Å². The monoisotopic (exact) mass is 435 g/mol. The summed E-state index contributed by atoms with van der Waals surface area (Å²) < 4.78 is 7.73. The van der Waals surface area contributed by atoms with E-state index in [0.717, 1.165) is 28.4 Å². The van der Waals surface area contributed by atoms with E-state index in [1.165, 1.54) is 30.9 Å². The molecule has 0 amide bonds. The number of hydrogen-bond donors (Lipinski definition) is 0. The number of rotatable bonds is 3. The highest BCUT2D eigenvalue weighted by Crippen LogP contribution is 2.42. The number of hydrogen-bond acceptors (Lipinski definition) is 4. The zero-order valence-corrected chi connectivity index (χ0v) is 17.9. The lowest BCUT2D eigenvalue weighted by Gasteiger charge is -2.22. The van der Waals surface area contributed by atoms with Gasteiger partial charge >= 0.3 is 11.9 Å². The predicted octanol–water partition coefficient (Wildman–Crippen LogP) is 5.38. The minimum atomic E-state index is -0.572. The van der Waals surface area contributed by atoms with Gasteiger partial charge in [-0.1, -0.05) is 25.3 Å². The van der Waals surface area contributed by atoms with Gasteiger partial charge in [0.05, 0.1) is 11.1 Å². The van der Waals surface area contributed by atoms with Gasteiger partial charge in [0.25, 0.3) is 0 Å². The number of halogens is 1. The molecular weight excluding hydrogens is 410 g/mol. The van der Waals surface area contributed by atoms with Gasteiger partial charge in [-0.05, 0) is 73.2 Å². The van der Waals surface area contributed by atoms with Gasteiger partial charge < -0.3 is 9.57 Å². The molecule has 0 bridgehead atoms. The van der Waals surface area contributed by atoms with Gasteiger partial charge in [0.2, 0.25) is 0 Å². The maximum Gasteiger partial charge on any atom is 0.338 e. The third-order valence-corrected chi connectivity index (χ3v) is 5.52. The lowest BCUT2D eigenvalue weighted by atomic mass is 9.84. The molecule has 2 aromatic rings. The quantitative estimate of drug-likeness (QED) is 0.606. The van der Waals surface area contributed by atoms with E-state index >= 15 is 0 Å². The number of fused-ring (bicyclic) bond motifs is 1. The van der Waals surface area contributed by atoms with Crippen LogP contribution in [0.3, 0.4) is 0 Å². The van der Waals surface area contributed by atoms with Crippen LogP contribution in [-0.4, -0.2) is 22.3 Å². The first kappa shape index (κ1) is 19.9. The minimum absolute atomic E-state index is 0.393. The molecule has 0 spiro atoms. The molecule has 0 aliphatic heterocycles. The fraction of sp³-hybridized carbons (Fsp3) is 0.524. The Hall–Kier alpha value is -1.82. The van der Waals surface area contributed by atoms with Crippen molar-refractivity contribution in [1.82, 2.24) is 4.73 Å². The molecule has 0 saturated heterocycles. The highest BCUT2D eigenvalue weighted by molar-refractivity contribution is 9.10. The van der Waals surface area contributed by atoms with Crippen LogP contribution in [0.1, 0.15) is 81.6 Å². The van der Waals surface area contributed by atoms with E-state index in [0.29, 0.717) is 17.0 Å². The lowest BCUT2D eigenvalue weighted by Crippen LogP contribution is -2.24. The van der Waals surface area contributed by atoms with Crippen LogP contribution >= 0.6 is 15.9 Å². The molecule has 1 aromatic carbocycles. The smallest absolute Gasteiger partial charge is 0.338 e. The average Bonchev–Trinajstić information content (AvgIpc) is 2.85. The summed E-state index contributed by atoms with van der Waals surface area (Å²) in [6.07, 6.45) is 5.90. The largest absolute Gasteiger partial charge is 0.456 e. The van der Waals surface area contributed by atoms with Gasteiger partial charge in [0.15, 0.2) is 0 Å². The maximum absolute atomic E-state index is 12.5. The van der Waals surface area contributed by atoms with Crippen molar-refractivity contribution in [3.63, 3.8) is 0 Å². The van der Waals surface area contributed by atoms with Crippen molar-refractivity contribution in [3.05, 3.63) is 33.9 Å². The molecule has 1 heterocycles. The van der Waals surface area contributed by atoms with Crippen molar-refractivity contribution in [1.29, 1.82) is 0 Å². The Bertz CT molecular complexity index is 872. The molecule has 0 atom stereocenters. The van der Waals surface area contributed by atoms with E-state index in [-0.39, 0.29) is 0 Å². The first-order valence-electron chi connectivity index (χ1n) is 9.43. The summed E-state index contributed by atoms with van der Waals surface area (Å²) in [7, 11) is 0. The summed E-state index contributed by atoms with van der Waals surface area (Å²) in [4.78, 5) is 29.6. The number of benzene rings is 1. The minimum Gasteiger partial charge on any atom is -0.456 e. The molecular formula is C21H26BrNO4. The SMILES string of the molecule is CC(=O)On1c(Br)c(C2CCCCC2)c2ccc(C(=O)OC(C)(C)C)cc21. The molecule has 5 nitrogen and oxygen atoms in total. The van der Waals surface area contributed by atoms with E-state index in [1.54, 1.807) is 12.1 Å². The summed E-state index contributed by atoms with van der Waals surface area (Å²) >= 11 is 3.64. The number of ether oxygens (including phenoxy) is 1. The molecule has 27 heavy (non-hydrogen) atoms. The first-order valence-corrected chi connectivity index (χ1v) is 10.2. The Morgan fingerprint density at radius 2 is 1.81 bits per heavy atom. The fourth-order valence-corrected chi connectivity index (χ4v) is 4.52. The van der Waals surface area contributed by atoms with Crippen molar-refractivity contribution in [3.8, 4) is 0 Å². The molecule has 1 aromatic heterocycles. The van der Waals surface area contributed by atoms with Gasteiger partial charge in [0, 0.05) is 12.3 Å². The zero-order chi connectivity index (χ0) is 19.8. The highest BCUT2D eigenvalue weighted by atomic mass is 79.9. The van der Waals surface area contributed by atoms with E-state index in [9.17, 15) is 9.59 Å². The van der Waals surface area contributed by atoms with Gasteiger partial charge in [-0.15, -0.1) is 0 Å². The molecule has 0 unspecified atom stereocenters. The topological polar surface area (TPSA) is 57.5 Å². The van der Waals surface area contributed by atoms with Gasteiger partial charge in [-0.2, -0.15) is 4.73 Å². The van der Waals surface area contributed by atoms with Crippen LogP contribution in [0.5, 0.6) is 0 Å². The molecule has 146 valence electrons. The van der Waals surface area contributed by atoms with E-state index < -0.39 is 17.5 Å². The second kappa shape index (κ2) is 7.66. The van der Waals surface area contributed by atoms with E-state index in [4.69, 9.17) is 9.57 Å². The van der Waals surface area contributed by atoms with Crippen LogP contribution < -0.4 is 4.84 Å². The highest BCUT2D eigenvalue weighted by Gasteiger charge is 2.27. The molecule has 1 fully saturated rings. The Labute approximate surface area is 168 Å². The molecule has 6 heteroatoms. The molecule has 0 radical (unpaired) electrons. The van der Waals surface area contributed by atoms with Gasteiger partial charge in [-0.3, -0.25) is 0 Å². The summed E-state index contributed by atoms with van der Waals surface area (Å²) in [5, 5.41) is 1.00. The van der Waals surface area contributed by atoms with Crippen LogP contribution in [0.2, 0.25) is 0 Å². The van der Waals surface area contributed by atoms with Crippen molar-refractivity contribution in [2.45, 2.75) is 71.3 Å². The van der Waals surface area contributed by atoms with Crippen molar-refractivity contribution < 1.29 is 19.2 Å². The number of aromatic nitrogens is 1. The number of esters is 1. The summed E-state index contributed by atoms with van der Waals surface area (Å²) in [5.74, 6) is -0.388. The summed E-state index contributed by atoms with van der Waals surface area (Å²) in [6, 6.07) is 5.46. The second-order valence-corrected chi connectivity index (χ2v) is 8.90. The van der Waals surface area contributed by atoms with Crippen LogP contribution in [0, 0.1) is 0 Å². The molecule has 3 rings (SSSR count). The number of carbonyl (C=O) groups excluding carboxylic acids is 2. The Kier molecular flexibility index (Phi) is 5.65. The lowest BCUT2D eigenvalue weighted by molar-refractivity contribution is -0.141. The Morgan fingerprint density at radius 1 is 1.15 bits per heavy atom. The number of carbonyl (C=O) groups is 2. The van der Waals surface area contributed by atoms with Crippen LogP contribution in [0.25, 0.3) is 10.9 Å². The third kappa shape index (κ3) is 4.37. The number of nitrogens with zero attached hydrogens (tertiary/aromatic N) is 1. The van der Waals surface area contributed by atoms with Crippen LogP contribution in [0.4, 0.5) is 0 Å². The van der Waals surface area contributed by atoms with Crippen molar-refractivity contribution >= 4 is 38.8 Å². The van der Waals surface area contributed by atoms with Gasteiger partial charge in [0.1, 0.15) is 10.2 Å². The second-order valence-electron chi connectivity index (χ2n) is 8.15. The van der Waals surface area contributed by atoms with E-state index in [2.05, 4.69) is 15.9 Å².